The van der Waals surface area contributed by atoms with Crippen LogP contribution in [0.3, 0.4) is 0 Å². The third kappa shape index (κ3) is 4.90. The molecule has 29 heavy (non-hydrogen) atoms. The van der Waals surface area contributed by atoms with Crippen LogP contribution in [0.25, 0.3) is 0 Å². The van der Waals surface area contributed by atoms with E-state index in [0.29, 0.717) is 19.6 Å². The quantitative estimate of drug-likeness (QED) is 0.837. The normalized spacial score (nSPS) is 23.6. The Morgan fingerprint density at radius 3 is 2.45 bits per heavy atom. The maximum Gasteiger partial charge on any atom is 0.318 e. The van der Waals surface area contributed by atoms with Crippen molar-refractivity contribution in [1.29, 1.82) is 0 Å². The monoisotopic (exact) mass is 399 g/mol. The first-order valence-electron chi connectivity index (χ1n) is 10.9. The fourth-order valence-corrected chi connectivity index (χ4v) is 4.69. The Morgan fingerprint density at radius 1 is 0.966 bits per heavy atom. The van der Waals surface area contributed by atoms with Gasteiger partial charge in [-0.1, -0.05) is 24.3 Å². The molecule has 1 atom stereocenters. The second-order valence-electron chi connectivity index (χ2n) is 8.60. The molecule has 7 heteroatoms. The van der Waals surface area contributed by atoms with Crippen molar-refractivity contribution < 1.29 is 9.59 Å². The molecule has 2 saturated heterocycles. The molecule has 4 rings (SSSR count). The highest BCUT2D eigenvalue weighted by Crippen LogP contribution is 2.25. The zero-order chi connectivity index (χ0) is 20.2. The van der Waals surface area contributed by atoms with E-state index in [-0.39, 0.29) is 18.0 Å². The van der Waals surface area contributed by atoms with Crippen molar-refractivity contribution >= 4 is 11.9 Å². The largest absolute Gasteiger partial charge is 0.342 e. The third-order valence-corrected chi connectivity index (χ3v) is 6.39. The Kier molecular flexibility index (Phi) is 6.35. The lowest BCUT2D eigenvalue weighted by Gasteiger charge is -2.38. The van der Waals surface area contributed by atoms with Gasteiger partial charge in [-0.05, 0) is 37.4 Å². The molecule has 3 aliphatic heterocycles. The van der Waals surface area contributed by atoms with E-state index >= 15 is 0 Å². The molecular formula is C22H33N5O2. The summed E-state index contributed by atoms with van der Waals surface area (Å²) in [5.41, 5.74) is 2.51. The molecule has 158 valence electrons. The number of likely N-dealkylation sites (tertiary alicyclic amines) is 1. The number of carbonyl (C=O) groups excluding carboxylic acids is 2. The number of amides is 3. The summed E-state index contributed by atoms with van der Waals surface area (Å²) >= 11 is 0. The third-order valence-electron chi connectivity index (χ3n) is 6.39. The van der Waals surface area contributed by atoms with E-state index in [0.717, 1.165) is 52.1 Å². The Bertz CT molecular complexity index is 726. The maximum atomic E-state index is 12.9. The lowest BCUT2D eigenvalue weighted by atomic mass is 9.96. The van der Waals surface area contributed by atoms with E-state index in [1.807, 2.05) is 15.9 Å². The molecule has 0 radical (unpaired) electrons. The van der Waals surface area contributed by atoms with Crippen LogP contribution in [-0.2, 0) is 11.3 Å². The number of fused-ring (bicyclic) bond motifs is 1. The molecule has 0 saturated carbocycles. The van der Waals surface area contributed by atoms with Crippen LogP contribution in [0.5, 0.6) is 0 Å². The maximum absolute atomic E-state index is 12.9. The van der Waals surface area contributed by atoms with E-state index in [4.69, 9.17) is 0 Å². The number of benzene rings is 1. The number of piperazine rings is 1. The average Bonchev–Trinajstić information content (AvgIpc) is 2.74. The van der Waals surface area contributed by atoms with Crippen LogP contribution in [0.2, 0.25) is 0 Å². The number of hydrogen-bond donors (Lipinski definition) is 1. The molecule has 1 aromatic carbocycles. The number of nitrogens with zero attached hydrogens (tertiary/aromatic N) is 4. The van der Waals surface area contributed by atoms with Crippen LogP contribution < -0.4 is 5.32 Å². The molecule has 0 bridgehead atoms. The SMILES string of the molecule is CN1Cc2ccccc2C(NC(=O)N2CCN(CC(=O)N3CCCCC3)CC2)C1. The molecule has 3 amide bonds. The van der Waals surface area contributed by atoms with Gasteiger partial charge in [0.05, 0.1) is 12.6 Å². The van der Waals surface area contributed by atoms with Crippen molar-refractivity contribution in [3.63, 3.8) is 0 Å². The number of nitrogens with one attached hydrogen (secondary N) is 1. The van der Waals surface area contributed by atoms with Gasteiger partial charge in [-0.2, -0.15) is 0 Å². The standard InChI is InChI=1S/C22H33N5O2/c1-24-15-18-7-3-4-8-19(18)20(16-24)23-22(29)27-13-11-25(12-14-27)17-21(28)26-9-5-2-6-10-26/h3-4,7-8,20H,2,5-6,9-17H2,1H3,(H,23,29). The first kappa shape index (κ1) is 20.2. The Balaban J connectivity index is 1.27. The first-order chi connectivity index (χ1) is 14.1. The summed E-state index contributed by atoms with van der Waals surface area (Å²) in [7, 11) is 2.09. The van der Waals surface area contributed by atoms with Gasteiger partial charge in [0.2, 0.25) is 5.91 Å². The van der Waals surface area contributed by atoms with Crippen molar-refractivity contribution in [3.8, 4) is 0 Å². The zero-order valence-corrected chi connectivity index (χ0v) is 17.5. The minimum absolute atomic E-state index is 0.00195. The molecule has 1 unspecified atom stereocenters. The smallest absolute Gasteiger partial charge is 0.318 e. The van der Waals surface area contributed by atoms with Crippen molar-refractivity contribution in [1.82, 2.24) is 24.9 Å². The highest BCUT2D eigenvalue weighted by molar-refractivity contribution is 5.78. The number of carbonyl (C=O) groups is 2. The summed E-state index contributed by atoms with van der Waals surface area (Å²) in [5, 5.41) is 3.23. The van der Waals surface area contributed by atoms with Crippen molar-refractivity contribution in [2.24, 2.45) is 0 Å². The van der Waals surface area contributed by atoms with Crippen LogP contribution in [0.4, 0.5) is 4.79 Å². The minimum Gasteiger partial charge on any atom is -0.342 e. The van der Waals surface area contributed by atoms with E-state index in [1.54, 1.807) is 0 Å². The first-order valence-corrected chi connectivity index (χ1v) is 10.9. The van der Waals surface area contributed by atoms with Gasteiger partial charge in [-0.15, -0.1) is 0 Å². The minimum atomic E-state index is 0.00195. The van der Waals surface area contributed by atoms with Gasteiger partial charge in [0, 0.05) is 52.4 Å². The van der Waals surface area contributed by atoms with Gasteiger partial charge in [-0.25, -0.2) is 4.79 Å². The zero-order valence-electron chi connectivity index (χ0n) is 17.5. The molecule has 1 aromatic rings. The number of likely N-dealkylation sites (N-methyl/N-ethyl adjacent to an activating group) is 1. The van der Waals surface area contributed by atoms with Gasteiger partial charge >= 0.3 is 6.03 Å². The van der Waals surface area contributed by atoms with Crippen LogP contribution in [0, 0.1) is 0 Å². The highest BCUT2D eigenvalue weighted by atomic mass is 16.2. The average molecular weight is 400 g/mol. The van der Waals surface area contributed by atoms with Gasteiger partial charge in [0.15, 0.2) is 0 Å². The van der Waals surface area contributed by atoms with E-state index in [2.05, 4.69) is 40.4 Å². The molecule has 3 heterocycles. The number of hydrogen-bond acceptors (Lipinski definition) is 4. The highest BCUT2D eigenvalue weighted by Gasteiger charge is 2.28. The van der Waals surface area contributed by atoms with Crippen molar-refractivity contribution in [2.45, 2.75) is 31.8 Å². The molecule has 0 aliphatic carbocycles. The molecule has 3 aliphatic rings. The van der Waals surface area contributed by atoms with Crippen molar-refractivity contribution in [2.75, 3.05) is 59.4 Å². The summed E-state index contributed by atoms with van der Waals surface area (Å²) in [4.78, 5) is 33.7. The fourth-order valence-electron chi connectivity index (χ4n) is 4.69. The predicted molar refractivity (Wildman–Crippen MR) is 112 cm³/mol. The van der Waals surface area contributed by atoms with E-state index in [9.17, 15) is 9.59 Å². The summed E-state index contributed by atoms with van der Waals surface area (Å²) < 4.78 is 0. The van der Waals surface area contributed by atoms with Gasteiger partial charge in [0.25, 0.3) is 0 Å². The van der Waals surface area contributed by atoms with Crippen LogP contribution >= 0.6 is 0 Å². The van der Waals surface area contributed by atoms with Gasteiger partial charge in [-0.3, -0.25) is 14.6 Å². The molecule has 0 aromatic heterocycles. The lowest BCUT2D eigenvalue weighted by Crippen LogP contribution is -2.55. The topological polar surface area (TPSA) is 59.1 Å². The second kappa shape index (κ2) is 9.13. The number of urea groups is 1. The number of piperidine rings is 1. The fraction of sp³-hybridized carbons (Fsp3) is 0.636. The lowest BCUT2D eigenvalue weighted by molar-refractivity contribution is -0.133. The molecule has 2 fully saturated rings. The second-order valence-corrected chi connectivity index (χ2v) is 8.60. The summed E-state index contributed by atoms with van der Waals surface area (Å²) in [6, 6.07) is 8.39. The Hall–Kier alpha value is -2.12. The molecule has 1 N–H and O–H groups in total. The predicted octanol–water partition coefficient (Wildman–Crippen LogP) is 1.51. The molecule has 7 nitrogen and oxygen atoms in total. The summed E-state index contributed by atoms with van der Waals surface area (Å²) in [5.74, 6) is 0.240. The number of rotatable bonds is 3. The Morgan fingerprint density at radius 2 is 1.69 bits per heavy atom. The Labute approximate surface area is 173 Å². The van der Waals surface area contributed by atoms with E-state index in [1.165, 1.54) is 17.5 Å². The summed E-state index contributed by atoms with van der Waals surface area (Å²) in [6.45, 7) is 6.89. The van der Waals surface area contributed by atoms with Crippen LogP contribution in [-0.4, -0.2) is 90.9 Å². The van der Waals surface area contributed by atoms with E-state index < -0.39 is 0 Å². The van der Waals surface area contributed by atoms with Gasteiger partial charge in [0.1, 0.15) is 0 Å². The van der Waals surface area contributed by atoms with Crippen LogP contribution in [0.1, 0.15) is 36.4 Å². The van der Waals surface area contributed by atoms with Crippen molar-refractivity contribution in [3.05, 3.63) is 35.4 Å². The van der Waals surface area contributed by atoms with Gasteiger partial charge < -0.3 is 15.1 Å². The summed E-state index contributed by atoms with van der Waals surface area (Å²) in [6.07, 6.45) is 3.48. The molecular weight excluding hydrogens is 366 g/mol. The van der Waals surface area contributed by atoms with Crippen LogP contribution in [0.15, 0.2) is 24.3 Å². The molecule has 0 spiro atoms.